The van der Waals surface area contributed by atoms with Gasteiger partial charge in [-0.2, -0.15) is 0 Å². The summed E-state index contributed by atoms with van der Waals surface area (Å²) in [6.07, 6.45) is 1.69. The number of rotatable bonds is 7. The molecule has 0 spiro atoms. The van der Waals surface area contributed by atoms with E-state index in [4.69, 9.17) is 9.47 Å². The lowest BCUT2D eigenvalue weighted by molar-refractivity contribution is -0.155. The fraction of sp³-hybridized carbons (Fsp3) is 0.560. The Hall–Kier alpha value is -3.23. The van der Waals surface area contributed by atoms with E-state index in [1.807, 2.05) is 0 Å². The predicted molar refractivity (Wildman–Crippen MR) is 130 cm³/mol. The van der Waals surface area contributed by atoms with E-state index in [9.17, 15) is 19.2 Å². The van der Waals surface area contributed by atoms with Crippen molar-refractivity contribution in [3.63, 3.8) is 0 Å². The summed E-state index contributed by atoms with van der Waals surface area (Å²) in [6.45, 7) is 13.3. The van der Waals surface area contributed by atoms with Gasteiger partial charge in [-0.25, -0.2) is 0 Å². The van der Waals surface area contributed by atoms with Crippen LogP contribution in [0.4, 0.5) is 5.69 Å². The van der Waals surface area contributed by atoms with E-state index in [0.717, 1.165) is 5.71 Å². The number of nitrogens with zero attached hydrogens (tertiary/aromatic N) is 1. The summed E-state index contributed by atoms with van der Waals surface area (Å²) in [5.74, 6) is -1.41. The van der Waals surface area contributed by atoms with E-state index >= 15 is 0 Å². The second kappa shape index (κ2) is 13.5. The highest BCUT2D eigenvalue weighted by molar-refractivity contribution is 6.05. The number of benzene rings is 1. The highest BCUT2D eigenvalue weighted by Crippen LogP contribution is 2.26. The molecular weight excluding hydrogens is 438 g/mol. The fourth-order valence-corrected chi connectivity index (χ4v) is 2.84. The Morgan fingerprint density at radius 1 is 1.18 bits per heavy atom. The maximum atomic E-state index is 12.9. The van der Waals surface area contributed by atoms with Crippen LogP contribution in [0.5, 0.6) is 5.75 Å². The molecule has 0 saturated carbocycles. The molecule has 0 aromatic heterocycles. The number of piperidine rings is 1. The number of carbonyl (C=O) groups is 4. The van der Waals surface area contributed by atoms with Gasteiger partial charge in [0.2, 0.25) is 11.8 Å². The van der Waals surface area contributed by atoms with Crippen LogP contribution in [0.25, 0.3) is 0 Å². The molecule has 2 N–H and O–H groups in total. The molecule has 1 aromatic rings. The lowest BCUT2D eigenvalue weighted by Gasteiger charge is -2.22. The third-order valence-electron chi connectivity index (χ3n) is 4.10. The van der Waals surface area contributed by atoms with Crippen LogP contribution in [-0.2, 0) is 19.1 Å². The van der Waals surface area contributed by atoms with Crippen LogP contribution in [0.3, 0.4) is 0 Å². The molecule has 1 atom stereocenters. The number of carbonyl (C=O) groups excluding carboxylic acids is 4. The Labute approximate surface area is 201 Å². The molecule has 3 amide bonds. The number of hydrogen-bond donors (Lipinski definition) is 2. The SMILES string of the molecule is CC(C)=Nc1ccc(OCCC(=O)OC(C)(C)C)cc1C(=O)NC1CCC(=O)NC1=O.CCC. The molecule has 1 saturated heterocycles. The van der Waals surface area contributed by atoms with Gasteiger partial charge in [-0.15, -0.1) is 0 Å². The number of amides is 3. The summed E-state index contributed by atoms with van der Waals surface area (Å²) in [5, 5.41) is 4.85. The number of nitrogens with one attached hydrogen (secondary N) is 2. The van der Waals surface area contributed by atoms with Crippen molar-refractivity contribution >= 4 is 35.1 Å². The normalized spacial score (nSPS) is 15.3. The summed E-state index contributed by atoms with van der Waals surface area (Å²) in [6, 6.07) is 3.99. The summed E-state index contributed by atoms with van der Waals surface area (Å²) in [5.41, 5.74) is 0.814. The molecule has 0 aliphatic carbocycles. The van der Waals surface area contributed by atoms with E-state index in [0.29, 0.717) is 11.4 Å². The smallest absolute Gasteiger partial charge is 0.309 e. The first-order valence-electron chi connectivity index (χ1n) is 11.5. The first kappa shape index (κ1) is 28.8. The molecule has 0 radical (unpaired) electrons. The van der Waals surface area contributed by atoms with E-state index in [-0.39, 0.29) is 43.3 Å². The van der Waals surface area contributed by atoms with Crippen LogP contribution in [0.2, 0.25) is 0 Å². The van der Waals surface area contributed by atoms with Crippen molar-refractivity contribution in [1.29, 1.82) is 0 Å². The average molecular weight is 476 g/mol. The molecule has 1 aliphatic rings. The quantitative estimate of drug-likeness (QED) is 0.351. The average Bonchev–Trinajstić information content (AvgIpc) is 2.70. The highest BCUT2D eigenvalue weighted by Gasteiger charge is 2.29. The maximum Gasteiger partial charge on any atom is 0.309 e. The van der Waals surface area contributed by atoms with Crippen molar-refractivity contribution in [3.05, 3.63) is 23.8 Å². The molecule has 1 fully saturated rings. The Kier molecular flexibility index (Phi) is 11.4. The third-order valence-corrected chi connectivity index (χ3v) is 4.10. The van der Waals surface area contributed by atoms with Gasteiger partial charge in [0.05, 0.1) is 24.3 Å². The number of imide groups is 1. The van der Waals surface area contributed by atoms with Crippen molar-refractivity contribution in [2.45, 2.75) is 85.8 Å². The molecule has 0 bridgehead atoms. The van der Waals surface area contributed by atoms with E-state index in [1.54, 1.807) is 46.8 Å². The summed E-state index contributed by atoms with van der Waals surface area (Å²) in [4.78, 5) is 52.3. The monoisotopic (exact) mass is 475 g/mol. The Bertz CT molecular complexity index is 914. The summed E-state index contributed by atoms with van der Waals surface area (Å²) in [7, 11) is 0. The first-order valence-corrected chi connectivity index (χ1v) is 11.5. The van der Waals surface area contributed by atoms with Crippen molar-refractivity contribution in [2.24, 2.45) is 4.99 Å². The van der Waals surface area contributed by atoms with Gasteiger partial charge in [0.1, 0.15) is 17.4 Å². The van der Waals surface area contributed by atoms with Gasteiger partial charge in [-0.3, -0.25) is 29.5 Å². The molecular formula is C25H37N3O6. The molecule has 9 heteroatoms. The van der Waals surface area contributed by atoms with Crippen molar-refractivity contribution in [1.82, 2.24) is 10.6 Å². The molecule has 2 rings (SSSR count). The number of hydrogen-bond acceptors (Lipinski definition) is 7. The summed E-state index contributed by atoms with van der Waals surface area (Å²) >= 11 is 0. The van der Waals surface area contributed by atoms with Crippen molar-refractivity contribution < 1.29 is 28.7 Å². The van der Waals surface area contributed by atoms with Gasteiger partial charge in [0, 0.05) is 12.1 Å². The topological polar surface area (TPSA) is 123 Å². The zero-order valence-corrected chi connectivity index (χ0v) is 21.2. The van der Waals surface area contributed by atoms with Crippen LogP contribution < -0.4 is 15.4 Å². The minimum atomic E-state index is -0.804. The minimum absolute atomic E-state index is 0.0586. The Morgan fingerprint density at radius 3 is 2.38 bits per heavy atom. The predicted octanol–water partition coefficient (Wildman–Crippen LogP) is 3.86. The van der Waals surface area contributed by atoms with Gasteiger partial charge in [-0.1, -0.05) is 20.3 Å². The van der Waals surface area contributed by atoms with Gasteiger partial charge in [-0.05, 0) is 59.2 Å². The van der Waals surface area contributed by atoms with Gasteiger partial charge >= 0.3 is 5.97 Å². The lowest BCUT2D eigenvalue weighted by Crippen LogP contribution is -2.52. The standard InChI is InChI=1S/C22H29N3O6.C3H8/c1-13(2)23-16-7-6-14(30-11-10-19(27)31-22(3,4)5)12-15(16)20(28)24-17-8-9-18(26)25-21(17)29;1-3-2/h6-7,12,17H,8-11H2,1-5H3,(H,24,28)(H,25,26,29);3H2,1-2H3. The van der Waals surface area contributed by atoms with Crippen LogP contribution >= 0.6 is 0 Å². The molecule has 1 heterocycles. The van der Waals surface area contributed by atoms with Crippen LogP contribution in [0, 0.1) is 0 Å². The lowest BCUT2D eigenvalue weighted by atomic mass is 10.0. The van der Waals surface area contributed by atoms with E-state index < -0.39 is 23.5 Å². The highest BCUT2D eigenvalue weighted by atomic mass is 16.6. The number of ether oxygens (including phenoxy) is 2. The zero-order chi connectivity index (χ0) is 25.9. The number of aliphatic imine (C=N–C) groups is 1. The zero-order valence-electron chi connectivity index (χ0n) is 21.2. The van der Waals surface area contributed by atoms with Gasteiger partial charge in [0.25, 0.3) is 5.91 Å². The Balaban J connectivity index is 0.00000182. The molecule has 1 aliphatic heterocycles. The van der Waals surface area contributed by atoms with Gasteiger partial charge in [0.15, 0.2) is 0 Å². The molecule has 1 aromatic carbocycles. The maximum absolute atomic E-state index is 12.9. The molecule has 9 nitrogen and oxygen atoms in total. The van der Waals surface area contributed by atoms with Crippen molar-refractivity contribution in [2.75, 3.05) is 6.61 Å². The van der Waals surface area contributed by atoms with Gasteiger partial charge < -0.3 is 14.8 Å². The van der Waals surface area contributed by atoms with Crippen LogP contribution in [0.15, 0.2) is 23.2 Å². The van der Waals surface area contributed by atoms with E-state index in [1.165, 1.54) is 12.5 Å². The van der Waals surface area contributed by atoms with Crippen LogP contribution in [-0.4, -0.2) is 47.7 Å². The van der Waals surface area contributed by atoms with E-state index in [2.05, 4.69) is 29.5 Å². The number of esters is 1. The second-order valence-electron chi connectivity index (χ2n) is 9.11. The van der Waals surface area contributed by atoms with Crippen LogP contribution in [0.1, 0.15) is 84.5 Å². The second-order valence-corrected chi connectivity index (χ2v) is 9.11. The molecule has 188 valence electrons. The fourth-order valence-electron chi connectivity index (χ4n) is 2.84. The largest absolute Gasteiger partial charge is 0.493 e. The van der Waals surface area contributed by atoms with Crippen molar-refractivity contribution in [3.8, 4) is 5.75 Å². The first-order chi connectivity index (χ1) is 15.9. The third kappa shape index (κ3) is 10.6. The molecule has 34 heavy (non-hydrogen) atoms. The minimum Gasteiger partial charge on any atom is -0.493 e. The summed E-state index contributed by atoms with van der Waals surface area (Å²) < 4.78 is 10.9. The Morgan fingerprint density at radius 2 is 1.82 bits per heavy atom. The molecule has 1 unspecified atom stereocenters.